The van der Waals surface area contributed by atoms with Gasteiger partial charge in [0, 0.05) is 17.8 Å². The van der Waals surface area contributed by atoms with Gasteiger partial charge in [-0.2, -0.15) is 0 Å². The smallest absolute Gasteiger partial charge is 0.244 e. The minimum Gasteiger partial charge on any atom is -0.496 e. The number of benzene rings is 1. The Morgan fingerprint density at radius 1 is 1.24 bits per heavy atom. The van der Waals surface area contributed by atoms with Gasteiger partial charge in [0.1, 0.15) is 15.8 Å². The molecule has 0 radical (unpaired) electrons. The first-order valence-corrected chi connectivity index (χ1v) is 8.07. The Hall–Kier alpha value is -1.63. The first-order chi connectivity index (χ1) is 9.95. The number of methoxy groups -OCH3 is 1. The van der Waals surface area contributed by atoms with Crippen LogP contribution >= 0.6 is 11.6 Å². The van der Waals surface area contributed by atoms with Crippen molar-refractivity contribution in [2.24, 2.45) is 0 Å². The third-order valence-electron chi connectivity index (χ3n) is 2.95. The van der Waals surface area contributed by atoms with E-state index in [9.17, 15) is 8.42 Å². The first kappa shape index (κ1) is 15.8. The molecule has 1 atom stereocenters. The summed E-state index contributed by atoms with van der Waals surface area (Å²) in [5.41, 5.74) is 0.739. The molecule has 0 bridgehead atoms. The number of pyridine rings is 1. The zero-order valence-corrected chi connectivity index (χ0v) is 13.1. The molecule has 5 nitrogen and oxygen atoms in total. The maximum Gasteiger partial charge on any atom is 0.244 e. The molecule has 0 fully saturated rings. The highest BCUT2D eigenvalue weighted by Gasteiger charge is 2.22. The molecule has 1 unspecified atom stereocenters. The van der Waals surface area contributed by atoms with Crippen LogP contribution in [-0.4, -0.2) is 20.5 Å². The number of halogens is 1. The summed E-state index contributed by atoms with van der Waals surface area (Å²) < 4.78 is 32.5. The molecule has 0 aliphatic carbocycles. The largest absolute Gasteiger partial charge is 0.496 e. The molecule has 112 valence electrons. The van der Waals surface area contributed by atoms with Crippen LogP contribution in [0.25, 0.3) is 0 Å². The van der Waals surface area contributed by atoms with E-state index in [0.29, 0.717) is 5.75 Å². The first-order valence-electron chi connectivity index (χ1n) is 6.21. The lowest BCUT2D eigenvalue weighted by Gasteiger charge is -2.17. The van der Waals surface area contributed by atoms with E-state index in [4.69, 9.17) is 16.3 Å². The predicted octanol–water partition coefficient (Wildman–Crippen LogP) is 2.78. The van der Waals surface area contributed by atoms with Crippen molar-refractivity contribution < 1.29 is 13.2 Å². The van der Waals surface area contributed by atoms with E-state index in [2.05, 4.69) is 9.71 Å². The van der Waals surface area contributed by atoms with Crippen molar-refractivity contribution in [3.63, 3.8) is 0 Å². The van der Waals surface area contributed by atoms with Crippen LogP contribution < -0.4 is 9.46 Å². The Morgan fingerprint density at radius 2 is 1.95 bits per heavy atom. The molecule has 1 N–H and O–H groups in total. The van der Waals surface area contributed by atoms with Crippen LogP contribution in [0.15, 0.2) is 47.5 Å². The van der Waals surface area contributed by atoms with Gasteiger partial charge in [-0.25, -0.2) is 18.1 Å². The third-order valence-corrected chi connectivity index (χ3v) is 4.94. The van der Waals surface area contributed by atoms with E-state index in [-0.39, 0.29) is 10.0 Å². The Balaban J connectivity index is 2.31. The van der Waals surface area contributed by atoms with Gasteiger partial charge in [0.15, 0.2) is 0 Å². The van der Waals surface area contributed by atoms with Crippen LogP contribution in [0.5, 0.6) is 5.75 Å². The van der Waals surface area contributed by atoms with Crippen molar-refractivity contribution in [1.29, 1.82) is 0 Å². The lowest BCUT2D eigenvalue weighted by Crippen LogP contribution is -2.27. The Bertz CT molecular complexity index is 735. The second-order valence-corrected chi connectivity index (χ2v) is 6.42. The van der Waals surface area contributed by atoms with Crippen LogP contribution in [0, 0.1) is 0 Å². The summed E-state index contributed by atoms with van der Waals surface area (Å²) in [6.07, 6.45) is 1.44. The molecule has 0 saturated heterocycles. The van der Waals surface area contributed by atoms with Gasteiger partial charge in [-0.1, -0.05) is 29.8 Å². The molecule has 0 aliphatic heterocycles. The van der Waals surface area contributed by atoms with E-state index in [0.717, 1.165) is 5.56 Å². The number of hydrogen-bond acceptors (Lipinski definition) is 4. The van der Waals surface area contributed by atoms with Crippen LogP contribution in [-0.2, 0) is 10.0 Å². The molecule has 0 saturated carbocycles. The lowest BCUT2D eigenvalue weighted by atomic mass is 10.1. The van der Waals surface area contributed by atoms with Crippen molar-refractivity contribution in [3.05, 3.63) is 53.3 Å². The van der Waals surface area contributed by atoms with Crippen molar-refractivity contribution in [2.75, 3.05) is 7.11 Å². The highest BCUT2D eigenvalue weighted by Crippen LogP contribution is 2.26. The molecular formula is C14H15ClN2O3S. The summed E-state index contributed by atoms with van der Waals surface area (Å²) in [7, 11) is -2.22. The van der Waals surface area contributed by atoms with Gasteiger partial charge in [-0.15, -0.1) is 0 Å². The van der Waals surface area contributed by atoms with Gasteiger partial charge in [0.25, 0.3) is 0 Å². The van der Waals surface area contributed by atoms with Gasteiger partial charge in [-0.05, 0) is 25.1 Å². The minimum atomic E-state index is -3.76. The van der Waals surface area contributed by atoms with Gasteiger partial charge in [0.05, 0.1) is 7.11 Å². The number of ether oxygens (including phenoxy) is 1. The zero-order valence-electron chi connectivity index (χ0n) is 11.6. The molecule has 2 rings (SSSR count). The summed E-state index contributed by atoms with van der Waals surface area (Å²) >= 11 is 5.84. The summed E-state index contributed by atoms with van der Waals surface area (Å²) in [4.78, 5) is 3.73. The normalized spacial score (nSPS) is 12.9. The minimum absolute atomic E-state index is 0.0478. The third kappa shape index (κ3) is 3.53. The number of nitrogens with zero attached hydrogens (tertiary/aromatic N) is 1. The average molecular weight is 327 g/mol. The maximum absolute atomic E-state index is 12.4. The van der Waals surface area contributed by atoms with Gasteiger partial charge in [0.2, 0.25) is 10.0 Å². The van der Waals surface area contributed by atoms with Crippen molar-refractivity contribution in [2.45, 2.75) is 17.9 Å². The molecule has 0 spiro atoms. The Labute approximate surface area is 129 Å². The Kier molecular flexibility index (Phi) is 4.82. The number of rotatable bonds is 5. The second-order valence-electron chi connectivity index (χ2n) is 4.38. The quantitative estimate of drug-likeness (QED) is 0.858. The summed E-state index contributed by atoms with van der Waals surface area (Å²) in [6, 6.07) is 9.68. The number of hydrogen-bond donors (Lipinski definition) is 1. The van der Waals surface area contributed by atoms with Crippen molar-refractivity contribution in [3.8, 4) is 5.75 Å². The molecule has 1 aromatic heterocycles. The zero-order chi connectivity index (χ0) is 15.5. The van der Waals surface area contributed by atoms with E-state index in [1.165, 1.54) is 25.4 Å². The number of aromatic nitrogens is 1. The fourth-order valence-electron chi connectivity index (χ4n) is 1.96. The van der Waals surface area contributed by atoms with E-state index < -0.39 is 16.1 Å². The van der Waals surface area contributed by atoms with Gasteiger partial charge >= 0.3 is 0 Å². The molecule has 0 aliphatic rings. The molecule has 2 aromatic rings. The fraction of sp³-hybridized carbons (Fsp3) is 0.214. The Morgan fingerprint density at radius 3 is 2.62 bits per heavy atom. The van der Waals surface area contributed by atoms with Crippen LogP contribution in [0.4, 0.5) is 0 Å². The molecule has 21 heavy (non-hydrogen) atoms. The van der Waals surface area contributed by atoms with Crippen LogP contribution in [0.3, 0.4) is 0 Å². The number of para-hydroxylation sites is 1. The SMILES string of the molecule is COc1ccccc1C(C)NS(=O)(=O)c1cccnc1Cl. The highest BCUT2D eigenvalue weighted by molar-refractivity contribution is 7.89. The molecule has 7 heteroatoms. The van der Waals surface area contributed by atoms with Crippen LogP contribution in [0.2, 0.25) is 5.15 Å². The monoisotopic (exact) mass is 326 g/mol. The number of nitrogens with one attached hydrogen (secondary N) is 1. The second kappa shape index (κ2) is 6.43. The van der Waals surface area contributed by atoms with E-state index in [1.54, 1.807) is 19.1 Å². The fourth-order valence-corrected chi connectivity index (χ4v) is 3.63. The summed E-state index contributed by atoms with van der Waals surface area (Å²) in [5, 5.41) is -0.0581. The van der Waals surface area contributed by atoms with Crippen LogP contribution in [0.1, 0.15) is 18.5 Å². The van der Waals surface area contributed by atoms with Gasteiger partial charge in [-0.3, -0.25) is 0 Å². The number of sulfonamides is 1. The topological polar surface area (TPSA) is 68.3 Å². The lowest BCUT2D eigenvalue weighted by molar-refractivity contribution is 0.405. The molecular weight excluding hydrogens is 312 g/mol. The summed E-state index contributed by atoms with van der Waals surface area (Å²) in [5.74, 6) is 0.616. The average Bonchev–Trinajstić information content (AvgIpc) is 2.47. The molecule has 1 aromatic carbocycles. The van der Waals surface area contributed by atoms with Crippen molar-refractivity contribution in [1.82, 2.24) is 9.71 Å². The van der Waals surface area contributed by atoms with E-state index >= 15 is 0 Å². The highest BCUT2D eigenvalue weighted by atomic mass is 35.5. The van der Waals surface area contributed by atoms with Crippen molar-refractivity contribution >= 4 is 21.6 Å². The molecule has 0 amide bonds. The molecule has 1 heterocycles. The van der Waals surface area contributed by atoms with Gasteiger partial charge < -0.3 is 4.74 Å². The predicted molar refractivity (Wildman–Crippen MR) is 81.0 cm³/mol. The van der Waals surface area contributed by atoms with E-state index in [1.807, 2.05) is 12.1 Å². The maximum atomic E-state index is 12.4. The summed E-state index contributed by atoms with van der Waals surface area (Å²) in [6.45, 7) is 1.74. The standard InChI is InChI=1S/C14H15ClN2O3S/c1-10(11-6-3-4-7-12(11)20-2)17-21(18,19)13-8-5-9-16-14(13)15/h3-10,17H,1-2H3.